The zero-order chi connectivity index (χ0) is 19.7. The van der Waals surface area contributed by atoms with E-state index in [1.807, 2.05) is 0 Å². The van der Waals surface area contributed by atoms with Gasteiger partial charge in [0.15, 0.2) is 7.98 Å². The molecular formula is C13H30BNO8P2. The summed E-state index contributed by atoms with van der Waals surface area (Å²) in [4.78, 5) is 28.5. The van der Waals surface area contributed by atoms with Crippen LogP contribution in [0.15, 0.2) is 0 Å². The maximum absolute atomic E-state index is 11.9. The van der Waals surface area contributed by atoms with E-state index in [1.54, 1.807) is 18.8 Å². The number of phosphoric acid groups is 2. The number of nitrogens with zero attached hydrogens (tertiary/aromatic N) is 1. The second-order valence-electron chi connectivity index (χ2n) is 6.72. The molecule has 0 heterocycles. The van der Waals surface area contributed by atoms with E-state index in [1.165, 1.54) is 0 Å². The quantitative estimate of drug-likeness (QED) is 0.296. The smallest absolute Gasteiger partial charge is 0.356 e. The first-order valence-corrected chi connectivity index (χ1v) is 11.1. The molecule has 0 aromatic heterocycles. The summed E-state index contributed by atoms with van der Waals surface area (Å²) in [6.45, 7) is 5.83. The third kappa shape index (κ3) is 16.2. The van der Waals surface area contributed by atoms with Gasteiger partial charge in [0.2, 0.25) is 0 Å². The zero-order valence-corrected chi connectivity index (χ0v) is 17.1. The lowest BCUT2D eigenvalue weighted by Gasteiger charge is -2.23. The second-order valence-corrected chi connectivity index (χ2v) is 9.41. The van der Waals surface area contributed by atoms with Crippen LogP contribution in [-0.4, -0.2) is 60.9 Å². The molecule has 0 spiro atoms. The first-order chi connectivity index (χ1) is 11.3. The summed E-state index contributed by atoms with van der Waals surface area (Å²) < 4.78 is 36.8. The Morgan fingerprint density at radius 1 is 1.00 bits per heavy atom. The molecule has 12 heteroatoms. The van der Waals surface area contributed by atoms with Gasteiger partial charge in [0.1, 0.15) is 0 Å². The molecule has 0 bridgehead atoms. The molecule has 0 aliphatic rings. The van der Waals surface area contributed by atoms with E-state index < -0.39 is 21.6 Å². The van der Waals surface area contributed by atoms with Gasteiger partial charge in [-0.3, -0.25) is 13.6 Å². The number of rotatable bonds is 14. The highest BCUT2D eigenvalue weighted by Crippen LogP contribution is 2.45. The van der Waals surface area contributed by atoms with Crippen molar-refractivity contribution in [3.63, 3.8) is 0 Å². The molecule has 0 fully saturated rings. The van der Waals surface area contributed by atoms with Gasteiger partial charge in [-0.2, -0.15) is 0 Å². The fraction of sp³-hybridized carbons (Fsp3) is 1.00. The summed E-state index contributed by atoms with van der Waals surface area (Å²) in [6.07, 6.45) is 1.54. The Hall–Kier alpha value is 0.245. The molecule has 0 aliphatic carbocycles. The maximum atomic E-state index is 11.9. The molecule has 0 rings (SSSR count). The van der Waals surface area contributed by atoms with Gasteiger partial charge in [0.25, 0.3) is 0 Å². The van der Waals surface area contributed by atoms with E-state index in [2.05, 4.69) is 18.4 Å². The van der Waals surface area contributed by atoms with Crippen LogP contribution in [0.25, 0.3) is 0 Å². The lowest BCUT2D eigenvalue weighted by Crippen LogP contribution is -2.21. The average molecular weight is 401 g/mol. The second kappa shape index (κ2) is 11.9. The van der Waals surface area contributed by atoms with Gasteiger partial charge in [-0.25, -0.2) is 9.13 Å². The molecule has 0 saturated carbocycles. The van der Waals surface area contributed by atoms with Gasteiger partial charge in [-0.05, 0) is 38.3 Å². The molecule has 0 aliphatic heterocycles. The normalized spacial score (nSPS) is 17.6. The Kier molecular flexibility index (Phi) is 12.0. The van der Waals surface area contributed by atoms with Gasteiger partial charge in [0.05, 0.1) is 19.8 Å². The van der Waals surface area contributed by atoms with Crippen molar-refractivity contribution >= 4 is 23.6 Å². The van der Waals surface area contributed by atoms with Crippen LogP contribution >= 0.6 is 15.6 Å². The first-order valence-electron chi connectivity index (χ1n) is 8.08. The van der Waals surface area contributed by atoms with E-state index >= 15 is 0 Å². The third-order valence-corrected chi connectivity index (χ3v) is 4.65. The van der Waals surface area contributed by atoms with Gasteiger partial charge >= 0.3 is 15.6 Å². The van der Waals surface area contributed by atoms with Gasteiger partial charge in [-0.15, -0.1) is 0 Å². The number of phosphoric ester groups is 2. The summed E-state index contributed by atoms with van der Waals surface area (Å²) in [5.74, 6) is -0.0277. The SMILES string of the molecule is [B]N(C)CCC(COP(=O)(O)OCC(C)COP(=O)(O)O)CC(C)C. The summed E-state index contributed by atoms with van der Waals surface area (Å²) in [5.41, 5.74) is 0. The van der Waals surface area contributed by atoms with E-state index in [0.29, 0.717) is 12.5 Å². The van der Waals surface area contributed by atoms with Crippen LogP contribution in [0.1, 0.15) is 33.6 Å². The highest BCUT2D eigenvalue weighted by molar-refractivity contribution is 7.47. The topological polar surface area (TPSA) is 126 Å². The van der Waals surface area contributed by atoms with Crippen molar-refractivity contribution in [2.75, 3.05) is 33.4 Å². The maximum Gasteiger partial charge on any atom is 0.472 e. The molecular weight excluding hydrogens is 371 g/mol. The molecule has 3 unspecified atom stereocenters. The van der Waals surface area contributed by atoms with Crippen LogP contribution in [0.3, 0.4) is 0 Å². The fourth-order valence-corrected chi connectivity index (χ4v) is 3.42. The Balaban J connectivity index is 4.32. The molecule has 2 radical (unpaired) electrons. The Bertz CT molecular complexity index is 459. The first kappa shape index (κ1) is 25.2. The van der Waals surface area contributed by atoms with Crippen molar-refractivity contribution in [3.05, 3.63) is 0 Å². The molecule has 0 amide bonds. The van der Waals surface area contributed by atoms with Crippen molar-refractivity contribution in [2.24, 2.45) is 17.8 Å². The lowest BCUT2D eigenvalue weighted by atomic mass is 9.94. The number of hydrogen-bond donors (Lipinski definition) is 3. The summed E-state index contributed by atoms with van der Waals surface area (Å²) in [7, 11) is -1.49. The van der Waals surface area contributed by atoms with E-state index in [0.717, 1.165) is 12.8 Å². The molecule has 3 N–H and O–H groups in total. The highest BCUT2D eigenvalue weighted by Gasteiger charge is 2.25. The average Bonchev–Trinajstić information content (AvgIpc) is 2.44. The standard InChI is InChI=1S/C13H30BNO8P2/c1-11(2)7-13(5-6-15(4)14)10-23-25(19,20)22-9-12(3)8-21-24(16,17)18/h11-13H,5-10H2,1-4H3,(H,19,20)(H2,16,17,18). The molecule has 9 nitrogen and oxygen atoms in total. The minimum atomic E-state index is -4.57. The third-order valence-electron chi connectivity index (χ3n) is 3.22. The van der Waals surface area contributed by atoms with Crippen molar-refractivity contribution in [1.82, 2.24) is 4.81 Å². The van der Waals surface area contributed by atoms with Crippen molar-refractivity contribution in [3.8, 4) is 0 Å². The molecule has 3 atom stereocenters. The molecule has 25 heavy (non-hydrogen) atoms. The van der Waals surface area contributed by atoms with E-state index in [9.17, 15) is 14.0 Å². The Labute approximate surface area is 151 Å². The fourth-order valence-electron chi connectivity index (χ4n) is 2.05. The minimum absolute atomic E-state index is 0.0606. The van der Waals surface area contributed by atoms with Crippen molar-refractivity contribution in [2.45, 2.75) is 33.6 Å². The zero-order valence-electron chi connectivity index (χ0n) is 15.3. The minimum Gasteiger partial charge on any atom is -0.356 e. The summed E-state index contributed by atoms with van der Waals surface area (Å²) >= 11 is 0. The van der Waals surface area contributed by atoms with E-state index in [-0.39, 0.29) is 25.7 Å². The largest absolute Gasteiger partial charge is 0.472 e. The van der Waals surface area contributed by atoms with E-state index in [4.69, 9.17) is 26.8 Å². The van der Waals surface area contributed by atoms with Crippen LogP contribution in [0.4, 0.5) is 0 Å². The Morgan fingerprint density at radius 2 is 1.52 bits per heavy atom. The predicted octanol–water partition coefficient (Wildman–Crippen LogP) is 1.93. The summed E-state index contributed by atoms with van der Waals surface area (Å²) in [6, 6.07) is 0. The lowest BCUT2D eigenvalue weighted by molar-refractivity contribution is 0.0954. The van der Waals surface area contributed by atoms with Gasteiger partial charge < -0.3 is 19.5 Å². The number of hydrogen-bond acceptors (Lipinski definition) is 6. The molecule has 0 aromatic rings. The molecule has 148 valence electrons. The monoisotopic (exact) mass is 401 g/mol. The van der Waals surface area contributed by atoms with Crippen molar-refractivity contribution < 1.29 is 37.4 Å². The summed E-state index contributed by atoms with van der Waals surface area (Å²) in [5, 5.41) is 0. The van der Waals surface area contributed by atoms with Crippen LogP contribution < -0.4 is 0 Å². The predicted molar refractivity (Wildman–Crippen MR) is 94.8 cm³/mol. The Morgan fingerprint density at radius 3 is 2.00 bits per heavy atom. The highest BCUT2D eigenvalue weighted by atomic mass is 31.2. The molecule has 0 aromatic carbocycles. The van der Waals surface area contributed by atoms with Crippen LogP contribution in [0.2, 0.25) is 0 Å². The van der Waals surface area contributed by atoms with Gasteiger partial charge in [-0.1, -0.05) is 20.8 Å². The van der Waals surface area contributed by atoms with Crippen molar-refractivity contribution in [1.29, 1.82) is 0 Å². The van der Waals surface area contributed by atoms with Gasteiger partial charge in [0, 0.05) is 5.92 Å². The van der Waals surface area contributed by atoms with Crippen LogP contribution in [0, 0.1) is 17.8 Å². The van der Waals surface area contributed by atoms with Crippen LogP contribution in [0.5, 0.6) is 0 Å². The van der Waals surface area contributed by atoms with Crippen LogP contribution in [-0.2, 0) is 22.7 Å². The molecule has 0 saturated heterocycles.